The van der Waals surface area contributed by atoms with E-state index in [1.807, 2.05) is 18.8 Å². The smallest absolute Gasteiger partial charge is 0.213 e. The lowest BCUT2D eigenvalue weighted by molar-refractivity contribution is -0.671. The number of aryl methyl sites for hydroxylation is 1. The van der Waals surface area contributed by atoms with Gasteiger partial charge in [0.2, 0.25) is 5.52 Å². The molecule has 5 heteroatoms. The SMILES string of the molecule is CNCCCN(C)CCC[n+]1ccc(/C=C/C=C2\Sc3ccccc3N2C)c2ccccc21. The molecule has 1 aliphatic heterocycles. The number of hydrogen-bond acceptors (Lipinski definition) is 4. The standard InChI is InChI=1S/C28H35N4S/c1-29-18-9-19-30(2)20-10-21-32-22-17-23(24-12-4-5-13-25(24)32)11-8-16-28-31(3)26-14-6-7-15-27(26)33-28/h4-8,11-17,22,29H,9-10,18-21H2,1-3H3/q+1. The molecule has 4 rings (SSSR count). The molecule has 0 bridgehead atoms. The summed E-state index contributed by atoms with van der Waals surface area (Å²) in [7, 11) is 6.37. The third-order valence-corrected chi connectivity index (χ3v) is 7.33. The van der Waals surface area contributed by atoms with Gasteiger partial charge in [0.25, 0.3) is 0 Å². The Labute approximate surface area is 202 Å². The molecule has 172 valence electrons. The quantitative estimate of drug-likeness (QED) is 0.334. The Morgan fingerprint density at radius 1 is 1.03 bits per heavy atom. The van der Waals surface area contributed by atoms with Crippen molar-refractivity contribution in [3.05, 3.63) is 83.5 Å². The molecular formula is C28H35N4S+. The molecule has 0 atom stereocenters. The van der Waals surface area contributed by atoms with E-state index in [2.05, 4.69) is 113 Å². The van der Waals surface area contributed by atoms with Crippen LogP contribution >= 0.6 is 11.8 Å². The van der Waals surface area contributed by atoms with E-state index >= 15 is 0 Å². The molecule has 3 aromatic rings. The number of thioether (sulfide) groups is 1. The topological polar surface area (TPSA) is 22.4 Å². The maximum Gasteiger partial charge on any atom is 0.213 e. The van der Waals surface area contributed by atoms with E-state index in [4.69, 9.17) is 0 Å². The van der Waals surface area contributed by atoms with Crippen molar-refractivity contribution < 1.29 is 4.57 Å². The van der Waals surface area contributed by atoms with Crippen molar-refractivity contribution in [3.63, 3.8) is 0 Å². The van der Waals surface area contributed by atoms with Gasteiger partial charge in [-0.1, -0.05) is 48.2 Å². The fraction of sp³-hybridized carbons (Fsp3) is 0.321. The average molecular weight is 460 g/mol. The van der Waals surface area contributed by atoms with Crippen LogP contribution in [0.5, 0.6) is 0 Å². The van der Waals surface area contributed by atoms with E-state index in [-0.39, 0.29) is 0 Å². The monoisotopic (exact) mass is 459 g/mol. The zero-order valence-corrected chi connectivity index (χ0v) is 20.8. The molecule has 2 aromatic carbocycles. The first-order valence-electron chi connectivity index (χ1n) is 11.8. The van der Waals surface area contributed by atoms with Crippen molar-refractivity contribution in [1.29, 1.82) is 0 Å². The largest absolute Gasteiger partial charge is 0.338 e. The zero-order valence-electron chi connectivity index (χ0n) is 20.0. The number of para-hydroxylation sites is 2. The van der Waals surface area contributed by atoms with Gasteiger partial charge in [-0.25, -0.2) is 0 Å². The third-order valence-electron chi connectivity index (χ3n) is 6.15. The van der Waals surface area contributed by atoms with Gasteiger partial charge in [-0.05, 0) is 63.4 Å². The lowest BCUT2D eigenvalue weighted by Gasteiger charge is -2.15. The fourth-order valence-corrected chi connectivity index (χ4v) is 5.36. The van der Waals surface area contributed by atoms with Gasteiger partial charge < -0.3 is 15.1 Å². The molecule has 1 aliphatic rings. The molecule has 1 N–H and O–H groups in total. The number of hydrogen-bond donors (Lipinski definition) is 1. The lowest BCUT2D eigenvalue weighted by atomic mass is 10.1. The van der Waals surface area contributed by atoms with Crippen LogP contribution in [0.4, 0.5) is 5.69 Å². The molecule has 0 saturated heterocycles. The number of rotatable bonds is 10. The molecule has 2 heterocycles. The van der Waals surface area contributed by atoms with Gasteiger partial charge in [-0.3, -0.25) is 0 Å². The van der Waals surface area contributed by atoms with Crippen LogP contribution in [-0.4, -0.2) is 45.7 Å². The van der Waals surface area contributed by atoms with E-state index in [9.17, 15) is 0 Å². The number of benzene rings is 2. The summed E-state index contributed by atoms with van der Waals surface area (Å²) < 4.78 is 2.39. The van der Waals surface area contributed by atoms with Crippen molar-refractivity contribution in [3.8, 4) is 0 Å². The summed E-state index contributed by atoms with van der Waals surface area (Å²) in [5.74, 6) is 0. The van der Waals surface area contributed by atoms with Gasteiger partial charge in [0.05, 0.1) is 16.1 Å². The predicted molar refractivity (Wildman–Crippen MR) is 143 cm³/mol. The number of fused-ring (bicyclic) bond motifs is 2. The summed E-state index contributed by atoms with van der Waals surface area (Å²) >= 11 is 1.83. The summed E-state index contributed by atoms with van der Waals surface area (Å²) in [5, 5.41) is 5.77. The normalized spacial score (nSPS) is 14.8. The van der Waals surface area contributed by atoms with Gasteiger partial charge >= 0.3 is 0 Å². The Balaban J connectivity index is 1.43. The van der Waals surface area contributed by atoms with E-state index in [0.717, 1.165) is 32.6 Å². The van der Waals surface area contributed by atoms with Crippen molar-refractivity contribution in [2.24, 2.45) is 0 Å². The number of allylic oxidation sites excluding steroid dienone is 2. The first-order valence-corrected chi connectivity index (χ1v) is 12.6. The highest BCUT2D eigenvalue weighted by molar-refractivity contribution is 8.03. The number of pyridine rings is 1. The lowest BCUT2D eigenvalue weighted by Crippen LogP contribution is -2.36. The Morgan fingerprint density at radius 3 is 2.67 bits per heavy atom. The molecule has 0 saturated carbocycles. The van der Waals surface area contributed by atoms with Gasteiger partial charge in [-0.15, -0.1) is 0 Å². The van der Waals surface area contributed by atoms with E-state index in [0.29, 0.717) is 0 Å². The third kappa shape index (κ3) is 5.85. The Kier molecular flexibility index (Phi) is 8.21. The minimum Gasteiger partial charge on any atom is -0.338 e. The molecular weight excluding hydrogens is 424 g/mol. The summed E-state index contributed by atoms with van der Waals surface area (Å²) in [5.41, 5.74) is 3.83. The molecule has 0 spiro atoms. The molecule has 0 aliphatic carbocycles. The highest BCUT2D eigenvalue weighted by Gasteiger charge is 2.20. The fourth-order valence-electron chi connectivity index (χ4n) is 4.30. The Morgan fingerprint density at radius 2 is 1.82 bits per heavy atom. The van der Waals surface area contributed by atoms with Crippen LogP contribution in [0.2, 0.25) is 0 Å². The molecule has 0 radical (unpaired) electrons. The van der Waals surface area contributed by atoms with Gasteiger partial charge in [0.15, 0.2) is 6.20 Å². The first-order chi connectivity index (χ1) is 16.2. The molecule has 4 nitrogen and oxygen atoms in total. The summed E-state index contributed by atoms with van der Waals surface area (Å²) in [4.78, 5) is 6.01. The van der Waals surface area contributed by atoms with Gasteiger partial charge in [0.1, 0.15) is 6.54 Å². The minimum atomic E-state index is 1.03. The predicted octanol–water partition coefficient (Wildman–Crippen LogP) is 5.16. The average Bonchev–Trinajstić information content (AvgIpc) is 3.16. The molecule has 1 aromatic heterocycles. The van der Waals surface area contributed by atoms with Crippen molar-refractivity contribution in [2.75, 3.05) is 45.7 Å². The van der Waals surface area contributed by atoms with Crippen molar-refractivity contribution in [2.45, 2.75) is 24.3 Å². The van der Waals surface area contributed by atoms with Crippen LogP contribution in [0.3, 0.4) is 0 Å². The van der Waals surface area contributed by atoms with Crippen LogP contribution in [0.1, 0.15) is 18.4 Å². The Hall–Kier alpha value is -2.60. The minimum absolute atomic E-state index is 1.03. The summed E-state index contributed by atoms with van der Waals surface area (Å²) in [6, 6.07) is 19.5. The molecule has 0 unspecified atom stereocenters. The number of nitrogens with one attached hydrogen (secondary N) is 1. The second-order valence-corrected chi connectivity index (χ2v) is 9.65. The van der Waals surface area contributed by atoms with Crippen LogP contribution in [0.25, 0.3) is 17.0 Å². The Bertz CT molecular complexity index is 1140. The highest BCUT2D eigenvalue weighted by Crippen LogP contribution is 2.44. The maximum atomic E-state index is 3.22. The second kappa shape index (κ2) is 11.5. The molecule has 0 amide bonds. The summed E-state index contributed by atoms with van der Waals surface area (Å²) in [6.07, 6.45) is 11.2. The van der Waals surface area contributed by atoms with E-state index < -0.39 is 0 Å². The van der Waals surface area contributed by atoms with E-state index in [1.54, 1.807) is 0 Å². The second-order valence-electron chi connectivity index (χ2n) is 8.59. The number of nitrogens with zero attached hydrogens (tertiary/aromatic N) is 3. The van der Waals surface area contributed by atoms with Crippen LogP contribution in [0, 0.1) is 0 Å². The first kappa shape index (κ1) is 23.6. The number of anilines is 1. The van der Waals surface area contributed by atoms with Crippen LogP contribution in [-0.2, 0) is 6.54 Å². The van der Waals surface area contributed by atoms with Crippen LogP contribution in [0.15, 0.2) is 82.9 Å². The van der Waals surface area contributed by atoms with Crippen molar-refractivity contribution >= 4 is 34.4 Å². The van der Waals surface area contributed by atoms with Crippen LogP contribution < -0.4 is 14.8 Å². The van der Waals surface area contributed by atoms with Gasteiger partial charge in [0, 0.05) is 37.0 Å². The summed E-state index contributed by atoms with van der Waals surface area (Å²) in [6.45, 7) is 4.37. The van der Waals surface area contributed by atoms with Gasteiger partial charge in [-0.2, -0.15) is 4.57 Å². The van der Waals surface area contributed by atoms with Crippen molar-refractivity contribution in [1.82, 2.24) is 10.2 Å². The zero-order chi connectivity index (χ0) is 23.0. The van der Waals surface area contributed by atoms with E-state index in [1.165, 1.54) is 38.5 Å². The maximum absolute atomic E-state index is 3.22. The molecule has 33 heavy (non-hydrogen) atoms. The number of aromatic nitrogens is 1. The highest BCUT2D eigenvalue weighted by atomic mass is 32.2. The molecule has 0 fully saturated rings.